The quantitative estimate of drug-likeness (QED) is 0.646. The number of nitrogens with one attached hydrogen (secondary N) is 1. The zero-order valence-corrected chi connectivity index (χ0v) is 16.1. The third kappa shape index (κ3) is 3.55. The molecule has 1 aromatic carbocycles. The van der Waals surface area contributed by atoms with Crippen LogP contribution in [0.1, 0.15) is 21.4 Å². The molecule has 0 radical (unpaired) electrons. The lowest BCUT2D eigenvalue weighted by Crippen LogP contribution is -2.40. The number of carbonyl (C=O) groups excluding carboxylic acids is 1. The number of carbonyl (C=O) groups is 1. The summed E-state index contributed by atoms with van der Waals surface area (Å²) in [4.78, 5) is 17.4. The van der Waals surface area contributed by atoms with Crippen molar-refractivity contribution in [3.63, 3.8) is 0 Å². The van der Waals surface area contributed by atoms with E-state index in [0.717, 1.165) is 13.0 Å². The molecule has 0 fully saturated rings. The summed E-state index contributed by atoms with van der Waals surface area (Å²) >= 11 is 9.49. The van der Waals surface area contributed by atoms with Crippen molar-refractivity contribution in [3.8, 4) is 0 Å². The second-order valence-corrected chi connectivity index (χ2v) is 8.50. The molecule has 1 N–H and O–H groups in total. The first-order chi connectivity index (χ1) is 12.6. The van der Waals surface area contributed by atoms with E-state index in [1.807, 2.05) is 6.07 Å². The van der Waals surface area contributed by atoms with E-state index in [1.165, 1.54) is 33.5 Å². The molecular weight excluding hydrogens is 391 g/mol. The van der Waals surface area contributed by atoms with Gasteiger partial charge in [0.2, 0.25) is 5.91 Å². The van der Waals surface area contributed by atoms with Crippen molar-refractivity contribution >= 4 is 45.9 Å². The van der Waals surface area contributed by atoms with E-state index in [2.05, 4.69) is 33.1 Å². The highest BCUT2D eigenvalue weighted by atomic mass is 35.5. The van der Waals surface area contributed by atoms with Gasteiger partial charge < -0.3 is 5.32 Å². The van der Waals surface area contributed by atoms with Crippen LogP contribution in [0.3, 0.4) is 0 Å². The Bertz CT molecular complexity index is 926. The Kier molecular flexibility index (Phi) is 5.09. The van der Waals surface area contributed by atoms with E-state index >= 15 is 0 Å². The van der Waals surface area contributed by atoms with E-state index in [4.69, 9.17) is 11.6 Å². The highest BCUT2D eigenvalue weighted by Gasteiger charge is 2.31. The molecule has 1 unspecified atom stereocenters. The van der Waals surface area contributed by atoms with Gasteiger partial charge in [-0.15, -0.1) is 22.7 Å². The number of hydrogen-bond donors (Lipinski definition) is 1. The van der Waals surface area contributed by atoms with Crippen molar-refractivity contribution in [3.05, 3.63) is 73.3 Å². The van der Waals surface area contributed by atoms with Gasteiger partial charge in [-0.05, 0) is 53.1 Å². The summed E-state index contributed by atoms with van der Waals surface area (Å²) in [5.41, 5.74) is 1.72. The fraction of sp³-hybridized carbons (Fsp3) is 0.211. The van der Waals surface area contributed by atoms with Gasteiger partial charge >= 0.3 is 0 Å². The number of anilines is 1. The number of benzene rings is 1. The maximum atomic E-state index is 13.2. The molecule has 1 atom stereocenters. The maximum absolute atomic E-state index is 13.2. The lowest BCUT2D eigenvalue weighted by molar-refractivity contribution is -0.117. The van der Waals surface area contributed by atoms with Crippen molar-refractivity contribution in [2.45, 2.75) is 12.5 Å². The highest BCUT2D eigenvalue weighted by Crippen LogP contribution is 2.39. The van der Waals surface area contributed by atoms with E-state index in [1.54, 1.807) is 22.7 Å². The minimum atomic E-state index is -0.424. The van der Waals surface area contributed by atoms with Crippen LogP contribution in [0.4, 0.5) is 10.1 Å². The van der Waals surface area contributed by atoms with Gasteiger partial charge in [-0.1, -0.05) is 17.7 Å². The average molecular weight is 407 g/mol. The molecule has 3 heterocycles. The molecule has 7 heteroatoms. The van der Waals surface area contributed by atoms with Crippen LogP contribution in [-0.4, -0.2) is 23.9 Å². The second kappa shape index (κ2) is 7.48. The predicted molar refractivity (Wildman–Crippen MR) is 106 cm³/mol. The van der Waals surface area contributed by atoms with Gasteiger partial charge in [0.1, 0.15) is 5.82 Å². The van der Waals surface area contributed by atoms with Crippen LogP contribution < -0.4 is 5.32 Å². The highest BCUT2D eigenvalue weighted by molar-refractivity contribution is 7.10. The SMILES string of the molecule is O=C(CN1CCc2sccc2C1c1cccs1)Nc1ccc(F)cc1Cl. The Labute approximate surface area is 164 Å². The Morgan fingerprint density at radius 2 is 2.15 bits per heavy atom. The first kappa shape index (κ1) is 17.7. The first-order valence-corrected chi connectivity index (χ1v) is 10.3. The number of thiophene rings is 2. The fourth-order valence-corrected chi connectivity index (χ4v) is 5.28. The van der Waals surface area contributed by atoms with Crippen LogP contribution in [0, 0.1) is 5.82 Å². The molecule has 0 saturated carbocycles. The van der Waals surface area contributed by atoms with Gasteiger partial charge in [0.05, 0.1) is 23.3 Å². The predicted octanol–water partition coefficient (Wildman–Crippen LogP) is 5.19. The smallest absolute Gasteiger partial charge is 0.238 e. The number of rotatable bonds is 4. The summed E-state index contributed by atoms with van der Waals surface area (Å²) in [6.45, 7) is 1.08. The summed E-state index contributed by atoms with van der Waals surface area (Å²) < 4.78 is 13.2. The molecular formula is C19H16ClFN2OS2. The normalized spacial score (nSPS) is 17.1. The topological polar surface area (TPSA) is 32.3 Å². The van der Waals surface area contributed by atoms with Gasteiger partial charge in [0.25, 0.3) is 0 Å². The molecule has 0 spiro atoms. The van der Waals surface area contributed by atoms with Gasteiger partial charge in [-0.2, -0.15) is 0 Å². The number of amides is 1. The molecule has 0 bridgehead atoms. The van der Waals surface area contributed by atoms with E-state index < -0.39 is 5.82 Å². The summed E-state index contributed by atoms with van der Waals surface area (Å²) in [7, 11) is 0. The third-order valence-corrected chi connectivity index (χ3v) is 6.66. The Morgan fingerprint density at radius 3 is 2.92 bits per heavy atom. The molecule has 0 aliphatic carbocycles. The monoisotopic (exact) mass is 406 g/mol. The molecule has 0 saturated heterocycles. The Morgan fingerprint density at radius 1 is 1.27 bits per heavy atom. The number of hydrogen-bond acceptors (Lipinski definition) is 4. The van der Waals surface area contributed by atoms with Gasteiger partial charge in [-0.3, -0.25) is 9.69 Å². The van der Waals surface area contributed by atoms with E-state index in [9.17, 15) is 9.18 Å². The number of nitrogens with zero attached hydrogens (tertiary/aromatic N) is 1. The Hall–Kier alpha value is -1.73. The second-order valence-electron chi connectivity index (χ2n) is 6.11. The molecule has 3 aromatic rings. The summed E-state index contributed by atoms with van der Waals surface area (Å²) in [5.74, 6) is -0.578. The molecule has 26 heavy (non-hydrogen) atoms. The van der Waals surface area contributed by atoms with Crippen molar-refractivity contribution in [1.82, 2.24) is 4.90 Å². The van der Waals surface area contributed by atoms with Crippen molar-refractivity contribution in [2.24, 2.45) is 0 Å². The van der Waals surface area contributed by atoms with Gasteiger partial charge in [0, 0.05) is 16.3 Å². The zero-order valence-electron chi connectivity index (χ0n) is 13.7. The van der Waals surface area contributed by atoms with Crippen molar-refractivity contribution < 1.29 is 9.18 Å². The van der Waals surface area contributed by atoms with Crippen LogP contribution >= 0.6 is 34.3 Å². The van der Waals surface area contributed by atoms with Crippen LogP contribution in [-0.2, 0) is 11.2 Å². The molecule has 4 rings (SSSR count). The molecule has 3 nitrogen and oxygen atoms in total. The van der Waals surface area contributed by atoms with E-state index in [0.29, 0.717) is 5.69 Å². The fourth-order valence-electron chi connectivity index (χ4n) is 3.28. The third-order valence-electron chi connectivity index (χ3n) is 4.43. The molecule has 2 aromatic heterocycles. The molecule has 1 aliphatic heterocycles. The minimum Gasteiger partial charge on any atom is -0.324 e. The summed E-state index contributed by atoms with van der Waals surface area (Å²) in [6.07, 6.45) is 0.944. The van der Waals surface area contributed by atoms with Crippen LogP contribution in [0.5, 0.6) is 0 Å². The number of fused-ring (bicyclic) bond motifs is 1. The van der Waals surface area contributed by atoms with Crippen LogP contribution in [0.15, 0.2) is 47.2 Å². The lowest BCUT2D eigenvalue weighted by Gasteiger charge is -2.34. The maximum Gasteiger partial charge on any atom is 0.238 e. The summed E-state index contributed by atoms with van der Waals surface area (Å²) in [5, 5.41) is 7.18. The summed E-state index contributed by atoms with van der Waals surface area (Å²) in [6, 6.07) is 10.4. The molecule has 1 amide bonds. The minimum absolute atomic E-state index is 0.0967. The first-order valence-electron chi connectivity index (χ1n) is 8.20. The van der Waals surface area contributed by atoms with Gasteiger partial charge in [-0.25, -0.2) is 4.39 Å². The zero-order chi connectivity index (χ0) is 18.1. The average Bonchev–Trinajstić information content (AvgIpc) is 3.28. The Balaban J connectivity index is 1.54. The standard InChI is InChI=1S/C19H16ClFN2OS2/c20-14-10-12(21)3-4-15(14)22-18(24)11-23-7-5-16-13(6-9-26-16)19(23)17-2-1-8-25-17/h1-4,6,8-10,19H,5,7,11H2,(H,22,24). The van der Waals surface area contributed by atoms with Gasteiger partial charge in [0.15, 0.2) is 0 Å². The van der Waals surface area contributed by atoms with Crippen molar-refractivity contribution in [2.75, 3.05) is 18.4 Å². The van der Waals surface area contributed by atoms with Crippen LogP contribution in [0.25, 0.3) is 0 Å². The van der Waals surface area contributed by atoms with E-state index in [-0.39, 0.29) is 23.5 Å². The lowest BCUT2D eigenvalue weighted by atomic mass is 9.98. The molecule has 134 valence electrons. The largest absolute Gasteiger partial charge is 0.324 e. The molecule has 1 aliphatic rings. The number of halogens is 2. The van der Waals surface area contributed by atoms with Crippen molar-refractivity contribution in [1.29, 1.82) is 0 Å². The van der Waals surface area contributed by atoms with Crippen LogP contribution in [0.2, 0.25) is 5.02 Å².